The number of ether oxygens (including phenoxy) is 1. The molecule has 0 aromatic heterocycles. The Morgan fingerprint density at radius 3 is 2.57 bits per heavy atom. The third-order valence-electron chi connectivity index (χ3n) is 5.61. The van der Waals surface area contributed by atoms with Crippen LogP contribution in [0.3, 0.4) is 0 Å². The van der Waals surface area contributed by atoms with E-state index >= 15 is 0 Å². The first-order chi connectivity index (χ1) is 9.97. The van der Waals surface area contributed by atoms with Gasteiger partial charge in [-0.15, -0.1) is 0 Å². The molecule has 0 radical (unpaired) electrons. The Morgan fingerprint density at radius 1 is 1.29 bits per heavy atom. The molecule has 3 heteroatoms. The molecule has 1 aliphatic carbocycles. The largest absolute Gasteiger partial charge is 0.380 e. The summed E-state index contributed by atoms with van der Waals surface area (Å²) in [5, 5.41) is 3.84. The van der Waals surface area contributed by atoms with Crippen LogP contribution in [0.1, 0.15) is 53.9 Å². The average molecular weight is 296 g/mol. The van der Waals surface area contributed by atoms with Crippen LogP contribution in [0.5, 0.6) is 0 Å². The summed E-state index contributed by atoms with van der Waals surface area (Å²) in [6.07, 6.45) is 4.08. The molecular weight excluding hydrogens is 260 g/mol. The number of hydrogen-bond acceptors (Lipinski definition) is 3. The maximum absolute atomic E-state index is 5.85. The van der Waals surface area contributed by atoms with Gasteiger partial charge in [-0.3, -0.25) is 4.90 Å². The van der Waals surface area contributed by atoms with Gasteiger partial charge >= 0.3 is 0 Å². The topological polar surface area (TPSA) is 24.5 Å². The third-order valence-corrected chi connectivity index (χ3v) is 5.61. The van der Waals surface area contributed by atoms with Crippen LogP contribution >= 0.6 is 0 Å². The van der Waals surface area contributed by atoms with Crippen molar-refractivity contribution in [3.63, 3.8) is 0 Å². The smallest absolute Gasteiger partial charge is 0.0593 e. The van der Waals surface area contributed by atoms with Gasteiger partial charge in [0, 0.05) is 37.8 Å². The first kappa shape index (κ1) is 17.2. The molecule has 3 atom stereocenters. The number of piperazine rings is 1. The highest BCUT2D eigenvalue weighted by Gasteiger charge is 2.48. The number of rotatable bonds is 8. The van der Waals surface area contributed by atoms with Gasteiger partial charge in [0.15, 0.2) is 0 Å². The third kappa shape index (κ3) is 4.43. The van der Waals surface area contributed by atoms with Gasteiger partial charge < -0.3 is 10.1 Å². The Balaban J connectivity index is 1.90. The fourth-order valence-electron chi connectivity index (χ4n) is 3.57. The highest BCUT2D eigenvalue weighted by Crippen LogP contribution is 2.44. The maximum Gasteiger partial charge on any atom is 0.0593 e. The van der Waals surface area contributed by atoms with Crippen molar-refractivity contribution >= 4 is 0 Å². The molecule has 0 amide bonds. The van der Waals surface area contributed by atoms with Crippen molar-refractivity contribution < 1.29 is 4.74 Å². The van der Waals surface area contributed by atoms with Crippen molar-refractivity contribution in [2.24, 2.45) is 17.8 Å². The molecule has 0 aromatic carbocycles. The van der Waals surface area contributed by atoms with Crippen LogP contribution in [-0.2, 0) is 4.74 Å². The minimum absolute atomic E-state index is 0.352. The van der Waals surface area contributed by atoms with E-state index < -0.39 is 0 Å². The van der Waals surface area contributed by atoms with E-state index in [1.807, 2.05) is 0 Å². The molecule has 1 aliphatic heterocycles. The molecule has 3 unspecified atom stereocenters. The summed E-state index contributed by atoms with van der Waals surface area (Å²) in [6.45, 7) is 16.8. The van der Waals surface area contributed by atoms with E-state index in [0.29, 0.717) is 17.5 Å². The van der Waals surface area contributed by atoms with E-state index in [-0.39, 0.29) is 0 Å². The highest BCUT2D eigenvalue weighted by atomic mass is 16.5. The van der Waals surface area contributed by atoms with Crippen LogP contribution in [0.15, 0.2) is 0 Å². The van der Waals surface area contributed by atoms with Gasteiger partial charge in [-0.25, -0.2) is 0 Å². The second-order valence-corrected chi connectivity index (χ2v) is 7.92. The van der Waals surface area contributed by atoms with E-state index in [1.165, 1.54) is 25.8 Å². The summed E-state index contributed by atoms with van der Waals surface area (Å²) in [6, 6.07) is 0.645. The van der Waals surface area contributed by atoms with Crippen LogP contribution in [-0.4, -0.2) is 49.3 Å². The number of nitrogens with one attached hydrogen (secondary N) is 1. The zero-order chi connectivity index (χ0) is 15.5. The lowest BCUT2D eigenvalue weighted by Gasteiger charge is -2.50. The van der Waals surface area contributed by atoms with Crippen LogP contribution < -0.4 is 5.32 Å². The van der Waals surface area contributed by atoms with Crippen molar-refractivity contribution in [1.29, 1.82) is 0 Å². The monoisotopic (exact) mass is 296 g/mol. The zero-order valence-corrected chi connectivity index (χ0v) is 14.8. The Bertz CT molecular complexity index is 316. The molecule has 21 heavy (non-hydrogen) atoms. The van der Waals surface area contributed by atoms with E-state index in [4.69, 9.17) is 4.74 Å². The molecule has 0 aromatic rings. The summed E-state index contributed by atoms with van der Waals surface area (Å²) < 4.78 is 5.85. The Labute approximate surface area is 131 Å². The van der Waals surface area contributed by atoms with Crippen molar-refractivity contribution in [3.8, 4) is 0 Å². The van der Waals surface area contributed by atoms with Crippen molar-refractivity contribution in [1.82, 2.24) is 10.2 Å². The molecule has 1 saturated carbocycles. The highest BCUT2D eigenvalue weighted by molar-refractivity contribution is 5.05. The fraction of sp³-hybridized carbons (Fsp3) is 1.00. The summed E-state index contributed by atoms with van der Waals surface area (Å²) in [4.78, 5) is 2.73. The summed E-state index contributed by atoms with van der Waals surface area (Å²) >= 11 is 0. The van der Waals surface area contributed by atoms with Gasteiger partial charge in [0.25, 0.3) is 0 Å². The normalized spacial score (nSPS) is 32.6. The minimum Gasteiger partial charge on any atom is -0.380 e. The summed E-state index contributed by atoms with van der Waals surface area (Å²) in [5.41, 5.74) is 0.352. The number of hydrogen-bond donors (Lipinski definition) is 1. The molecule has 1 saturated heterocycles. The van der Waals surface area contributed by atoms with Crippen LogP contribution in [0.4, 0.5) is 0 Å². The van der Waals surface area contributed by atoms with E-state index in [2.05, 4.69) is 44.8 Å². The molecule has 0 bridgehead atoms. The average Bonchev–Trinajstić information content (AvgIpc) is 3.29. The summed E-state index contributed by atoms with van der Waals surface area (Å²) in [7, 11) is 0. The van der Waals surface area contributed by atoms with Gasteiger partial charge in [0.1, 0.15) is 0 Å². The molecule has 2 rings (SSSR count). The van der Waals surface area contributed by atoms with Crippen molar-refractivity contribution in [2.75, 3.05) is 32.8 Å². The first-order valence-corrected chi connectivity index (χ1v) is 9.03. The lowest BCUT2D eigenvalue weighted by molar-refractivity contribution is -0.00434. The van der Waals surface area contributed by atoms with Crippen molar-refractivity contribution in [3.05, 3.63) is 0 Å². The second-order valence-electron chi connectivity index (χ2n) is 7.92. The first-order valence-electron chi connectivity index (χ1n) is 9.03. The predicted octanol–water partition coefficient (Wildman–Crippen LogP) is 3.15. The second kappa shape index (κ2) is 7.43. The molecular formula is C18H36N2O. The molecule has 124 valence electrons. The van der Waals surface area contributed by atoms with Gasteiger partial charge in [-0.1, -0.05) is 34.1 Å². The zero-order valence-electron chi connectivity index (χ0n) is 14.8. The van der Waals surface area contributed by atoms with Gasteiger partial charge in [0.2, 0.25) is 0 Å². The fourth-order valence-corrected chi connectivity index (χ4v) is 3.57. The maximum atomic E-state index is 5.85. The van der Waals surface area contributed by atoms with Crippen LogP contribution in [0.25, 0.3) is 0 Å². The minimum atomic E-state index is 0.352. The molecule has 1 heterocycles. The molecule has 2 fully saturated rings. The van der Waals surface area contributed by atoms with E-state index in [1.54, 1.807) is 0 Å². The molecule has 3 nitrogen and oxygen atoms in total. The standard InChI is InChI=1S/C18H36N2O/c1-6-15(4)17-11-20(9-10-21-12-14(2)3)18(5,13-19-17)16-7-8-16/h14-17,19H,6-13H2,1-5H3. The summed E-state index contributed by atoms with van der Waals surface area (Å²) in [5.74, 6) is 2.29. The van der Waals surface area contributed by atoms with Crippen molar-refractivity contribution in [2.45, 2.75) is 65.5 Å². The van der Waals surface area contributed by atoms with E-state index in [0.717, 1.165) is 38.1 Å². The van der Waals surface area contributed by atoms with Gasteiger partial charge in [-0.05, 0) is 37.5 Å². The Kier molecular flexibility index (Phi) is 6.10. The van der Waals surface area contributed by atoms with Crippen LogP contribution in [0.2, 0.25) is 0 Å². The lowest BCUT2D eigenvalue weighted by atomic mass is 9.86. The van der Waals surface area contributed by atoms with Crippen LogP contribution in [0, 0.1) is 17.8 Å². The SMILES string of the molecule is CCC(C)C1CN(CCOCC(C)C)C(C)(C2CC2)CN1. The molecule has 1 N–H and O–H groups in total. The lowest BCUT2D eigenvalue weighted by Crippen LogP contribution is -2.66. The molecule has 0 spiro atoms. The number of nitrogens with zero attached hydrogens (tertiary/aromatic N) is 1. The van der Waals surface area contributed by atoms with Gasteiger partial charge in [0.05, 0.1) is 6.61 Å². The molecule has 2 aliphatic rings. The predicted molar refractivity (Wildman–Crippen MR) is 89.6 cm³/mol. The van der Waals surface area contributed by atoms with Gasteiger partial charge in [-0.2, -0.15) is 0 Å². The van der Waals surface area contributed by atoms with E-state index in [9.17, 15) is 0 Å². The Hall–Kier alpha value is -0.120. The Morgan fingerprint density at radius 2 is 2.00 bits per heavy atom. The quantitative estimate of drug-likeness (QED) is 0.696.